The maximum Gasteiger partial charge on any atom is 0.225 e. The number of H-pyrrole nitrogens is 1. The molecule has 20 heavy (non-hydrogen) atoms. The minimum atomic E-state index is 0.133. The van der Waals surface area contributed by atoms with Crippen molar-refractivity contribution in [3.63, 3.8) is 0 Å². The molecule has 0 radical (unpaired) electrons. The van der Waals surface area contributed by atoms with Crippen molar-refractivity contribution >= 4 is 29.5 Å². The topological polar surface area (TPSA) is 44.9 Å². The normalized spacial score (nSPS) is 29.6. The fourth-order valence-electron chi connectivity index (χ4n) is 4.07. The molecule has 2 bridgehead atoms. The minimum Gasteiger partial charge on any atom is -0.353 e. The summed E-state index contributed by atoms with van der Waals surface area (Å²) in [4.78, 5) is 16.4. The Balaban J connectivity index is 1.56. The Morgan fingerprint density at radius 2 is 2.30 bits per heavy atom. The van der Waals surface area contributed by atoms with Crippen LogP contribution in [0.25, 0.3) is 0 Å². The summed E-state index contributed by atoms with van der Waals surface area (Å²) in [6.07, 6.45) is 5.94. The quantitative estimate of drug-likeness (QED) is 0.835. The van der Waals surface area contributed by atoms with Gasteiger partial charge in [0.15, 0.2) is 3.95 Å². The van der Waals surface area contributed by atoms with Crippen LogP contribution in [0.15, 0.2) is 0 Å². The van der Waals surface area contributed by atoms with Crippen LogP contribution >= 0.6 is 23.6 Å². The summed E-state index contributed by atoms with van der Waals surface area (Å²) in [6, 6.07) is 0.310. The van der Waals surface area contributed by atoms with Gasteiger partial charge in [0.25, 0.3) is 0 Å². The van der Waals surface area contributed by atoms with E-state index in [2.05, 4.69) is 17.2 Å². The molecule has 3 rings (SSSR count). The van der Waals surface area contributed by atoms with E-state index in [0.717, 1.165) is 26.4 Å². The molecule has 0 unspecified atom stereocenters. The van der Waals surface area contributed by atoms with E-state index in [1.165, 1.54) is 37.0 Å². The maximum atomic E-state index is 12.2. The van der Waals surface area contributed by atoms with E-state index < -0.39 is 0 Å². The van der Waals surface area contributed by atoms with Crippen molar-refractivity contribution in [1.29, 1.82) is 0 Å². The molecule has 1 aromatic heterocycles. The Labute approximate surface area is 129 Å². The zero-order valence-electron chi connectivity index (χ0n) is 12.1. The third-order valence-corrected chi connectivity index (χ3v) is 6.40. The van der Waals surface area contributed by atoms with Gasteiger partial charge in [-0.25, -0.2) is 0 Å². The number of aromatic amines is 1. The Morgan fingerprint density at radius 1 is 1.50 bits per heavy atom. The molecular weight excluding hydrogens is 288 g/mol. The second kappa shape index (κ2) is 5.60. The second-order valence-electron chi connectivity index (χ2n) is 6.43. The molecule has 2 saturated carbocycles. The molecule has 2 fully saturated rings. The monoisotopic (exact) mass is 310 g/mol. The Hall–Kier alpha value is -0.680. The summed E-state index contributed by atoms with van der Waals surface area (Å²) >= 11 is 6.63. The summed E-state index contributed by atoms with van der Waals surface area (Å²) in [5.74, 6) is 2.62. The van der Waals surface area contributed by atoms with Gasteiger partial charge < -0.3 is 10.3 Å². The van der Waals surface area contributed by atoms with E-state index in [1.807, 2.05) is 6.92 Å². The molecule has 2 aliphatic carbocycles. The number of fused-ring (bicyclic) bond motifs is 2. The Kier molecular flexibility index (Phi) is 4.00. The first kappa shape index (κ1) is 14.3. The van der Waals surface area contributed by atoms with Crippen LogP contribution in [0.2, 0.25) is 0 Å². The third-order valence-electron chi connectivity index (χ3n) is 5.07. The van der Waals surface area contributed by atoms with E-state index in [-0.39, 0.29) is 5.91 Å². The molecule has 3 nitrogen and oxygen atoms in total. The third kappa shape index (κ3) is 2.84. The van der Waals surface area contributed by atoms with E-state index in [0.29, 0.717) is 18.4 Å². The number of rotatable bonds is 4. The molecule has 2 aliphatic rings. The highest BCUT2D eigenvalue weighted by atomic mass is 32.1. The molecule has 1 amide bonds. The lowest BCUT2D eigenvalue weighted by molar-refractivity contribution is -0.121. The zero-order chi connectivity index (χ0) is 14.3. The van der Waals surface area contributed by atoms with Gasteiger partial charge in [-0.3, -0.25) is 4.79 Å². The van der Waals surface area contributed by atoms with Crippen molar-refractivity contribution in [1.82, 2.24) is 10.3 Å². The number of aromatic nitrogens is 1. The van der Waals surface area contributed by atoms with Crippen molar-refractivity contribution in [3.8, 4) is 0 Å². The highest BCUT2D eigenvalue weighted by Gasteiger charge is 2.42. The smallest absolute Gasteiger partial charge is 0.225 e. The van der Waals surface area contributed by atoms with Crippen LogP contribution in [0.5, 0.6) is 0 Å². The van der Waals surface area contributed by atoms with E-state index in [9.17, 15) is 4.79 Å². The van der Waals surface area contributed by atoms with Crippen LogP contribution in [-0.2, 0) is 11.2 Å². The number of amides is 1. The largest absolute Gasteiger partial charge is 0.353 e. The summed E-state index contributed by atoms with van der Waals surface area (Å²) in [7, 11) is 0. The standard InChI is InChI=1S/C15H22N2OS2/c1-8(12-6-10-3-4-11(12)5-10)16-14(18)7-13-9(2)17-15(19)20-13/h8,10-12H,3-7H2,1-2H3,(H,16,18)(H,17,19)/t8-,10+,11+,12-/m1/s1. The average molecular weight is 310 g/mol. The summed E-state index contributed by atoms with van der Waals surface area (Å²) in [5, 5.41) is 3.21. The lowest BCUT2D eigenvalue weighted by Gasteiger charge is -2.28. The average Bonchev–Trinajstić information content (AvgIpc) is 3.05. The predicted octanol–water partition coefficient (Wildman–Crippen LogP) is 3.60. The first-order valence-corrected chi connectivity index (χ1v) is 8.73. The van der Waals surface area contributed by atoms with Gasteiger partial charge in [0.2, 0.25) is 5.91 Å². The number of hydrogen-bond donors (Lipinski definition) is 2. The van der Waals surface area contributed by atoms with Crippen LogP contribution in [0, 0.1) is 28.6 Å². The zero-order valence-corrected chi connectivity index (χ0v) is 13.7. The molecule has 0 saturated heterocycles. The number of hydrogen-bond acceptors (Lipinski definition) is 3. The van der Waals surface area contributed by atoms with Gasteiger partial charge in [-0.05, 0) is 63.1 Å². The Morgan fingerprint density at radius 3 is 2.85 bits per heavy atom. The van der Waals surface area contributed by atoms with Crippen molar-refractivity contribution < 1.29 is 4.79 Å². The molecule has 0 aromatic carbocycles. The molecule has 2 N–H and O–H groups in total. The highest BCUT2D eigenvalue weighted by Crippen LogP contribution is 2.49. The van der Waals surface area contributed by atoms with E-state index in [1.54, 1.807) is 0 Å². The van der Waals surface area contributed by atoms with Crippen LogP contribution in [0.3, 0.4) is 0 Å². The molecular formula is C15H22N2OS2. The van der Waals surface area contributed by atoms with Crippen molar-refractivity contribution in [3.05, 3.63) is 14.5 Å². The first-order chi connectivity index (χ1) is 9.52. The van der Waals surface area contributed by atoms with Gasteiger partial charge in [0.1, 0.15) is 0 Å². The van der Waals surface area contributed by atoms with Gasteiger partial charge >= 0.3 is 0 Å². The van der Waals surface area contributed by atoms with Crippen molar-refractivity contribution in [2.45, 2.75) is 52.0 Å². The molecule has 1 aromatic rings. The van der Waals surface area contributed by atoms with Crippen LogP contribution in [0.4, 0.5) is 0 Å². The first-order valence-electron chi connectivity index (χ1n) is 7.51. The SMILES string of the molecule is Cc1[nH]c(=S)sc1CC(=O)N[C@H](C)[C@H]1C[C@H]2CC[C@H]1C2. The van der Waals surface area contributed by atoms with E-state index >= 15 is 0 Å². The Bertz CT molecular complexity index is 562. The van der Waals surface area contributed by atoms with Gasteiger partial charge in [-0.2, -0.15) is 0 Å². The van der Waals surface area contributed by atoms with Gasteiger partial charge in [-0.1, -0.05) is 6.42 Å². The lowest BCUT2D eigenvalue weighted by atomic mass is 9.84. The molecule has 1 heterocycles. The number of nitrogens with one attached hydrogen (secondary N) is 2. The molecule has 5 heteroatoms. The van der Waals surface area contributed by atoms with Crippen LogP contribution in [0.1, 0.15) is 43.2 Å². The molecule has 0 spiro atoms. The minimum absolute atomic E-state index is 0.133. The van der Waals surface area contributed by atoms with Crippen LogP contribution < -0.4 is 5.32 Å². The fourth-order valence-corrected chi connectivity index (χ4v) is 5.36. The van der Waals surface area contributed by atoms with Gasteiger partial charge in [-0.15, -0.1) is 11.3 Å². The summed E-state index contributed by atoms with van der Waals surface area (Å²) < 4.78 is 0.756. The predicted molar refractivity (Wildman–Crippen MR) is 84.5 cm³/mol. The second-order valence-corrected chi connectivity index (χ2v) is 8.21. The molecule has 0 aliphatic heterocycles. The van der Waals surface area contributed by atoms with E-state index in [4.69, 9.17) is 12.2 Å². The highest BCUT2D eigenvalue weighted by molar-refractivity contribution is 7.73. The number of carbonyl (C=O) groups is 1. The molecule has 4 atom stereocenters. The maximum absolute atomic E-state index is 12.2. The fraction of sp³-hybridized carbons (Fsp3) is 0.733. The van der Waals surface area contributed by atoms with Crippen molar-refractivity contribution in [2.24, 2.45) is 17.8 Å². The van der Waals surface area contributed by atoms with Crippen molar-refractivity contribution in [2.75, 3.05) is 0 Å². The molecule has 110 valence electrons. The summed E-state index contributed by atoms with van der Waals surface area (Å²) in [6.45, 7) is 4.16. The van der Waals surface area contributed by atoms with Gasteiger partial charge in [0.05, 0.1) is 6.42 Å². The number of aryl methyl sites for hydroxylation is 1. The number of thiazole rings is 1. The summed E-state index contributed by atoms with van der Waals surface area (Å²) in [5.41, 5.74) is 1.03. The van der Waals surface area contributed by atoms with Crippen LogP contribution in [-0.4, -0.2) is 16.9 Å². The number of carbonyl (C=O) groups excluding carboxylic acids is 1. The lowest BCUT2D eigenvalue weighted by Crippen LogP contribution is -2.40. The van der Waals surface area contributed by atoms with Gasteiger partial charge in [0, 0.05) is 16.6 Å².